The molecule has 3 rings (SSSR count). The number of hydrogen-bond acceptors (Lipinski definition) is 2. The molecule has 1 aromatic heterocycles. The number of carbonyl (C=O) groups is 1. The smallest absolute Gasteiger partial charge is 0.333 e. The third-order valence-electron chi connectivity index (χ3n) is 4.73. The minimum atomic E-state index is -2.69. The number of amides is 1. The fourth-order valence-corrected chi connectivity index (χ4v) is 3.13. The maximum atomic E-state index is 12.9. The summed E-state index contributed by atoms with van der Waals surface area (Å²) in [5.74, 6) is -0.125. The highest BCUT2D eigenvalue weighted by Crippen LogP contribution is 2.26. The molecular formula is C22H23F2N3O. The summed E-state index contributed by atoms with van der Waals surface area (Å²) in [4.78, 5) is 14.5. The van der Waals surface area contributed by atoms with Gasteiger partial charge >= 0.3 is 6.55 Å². The van der Waals surface area contributed by atoms with Crippen molar-refractivity contribution in [2.24, 2.45) is 0 Å². The molecule has 28 heavy (non-hydrogen) atoms. The van der Waals surface area contributed by atoms with Crippen LogP contribution in [0.1, 0.15) is 40.7 Å². The predicted octanol–water partition coefficient (Wildman–Crippen LogP) is 5.09. The van der Waals surface area contributed by atoms with Gasteiger partial charge in [0.25, 0.3) is 5.91 Å². The van der Waals surface area contributed by atoms with Crippen LogP contribution in [0, 0.1) is 6.92 Å². The van der Waals surface area contributed by atoms with Crippen molar-refractivity contribution in [1.82, 2.24) is 14.7 Å². The van der Waals surface area contributed by atoms with E-state index in [0.717, 1.165) is 12.0 Å². The average molecular weight is 383 g/mol. The molecule has 0 saturated carbocycles. The predicted molar refractivity (Wildman–Crippen MR) is 105 cm³/mol. The monoisotopic (exact) mass is 383 g/mol. The summed E-state index contributed by atoms with van der Waals surface area (Å²) in [5.41, 5.74) is 4.59. The average Bonchev–Trinajstić information content (AvgIpc) is 3.10. The molecular weight excluding hydrogens is 360 g/mol. The fourth-order valence-electron chi connectivity index (χ4n) is 3.13. The van der Waals surface area contributed by atoms with Crippen LogP contribution in [0.25, 0.3) is 11.1 Å². The maximum absolute atomic E-state index is 12.9. The zero-order chi connectivity index (χ0) is 20.3. The highest BCUT2D eigenvalue weighted by Gasteiger charge is 2.16. The van der Waals surface area contributed by atoms with E-state index in [9.17, 15) is 13.6 Å². The first kappa shape index (κ1) is 19.7. The van der Waals surface area contributed by atoms with E-state index >= 15 is 0 Å². The van der Waals surface area contributed by atoms with Gasteiger partial charge in [0.05, 0.1) is 5.69 Å². The van der Waals surface area contributed by atoms with E-state index in [1.54, 1.807) is 43.1 Å². The second kappa shape index (κ2) is 8.33. The van der Waals surface area contributed by atoms with E-state index in [4.69, 9.17) is 0 Å². The van der Waals surface area contributed by atoms with Gasteiger partial charge in [-0.1, -0.05) is 43.3 Å². The minimum absolute atomic E-state index is 0.125. The van der Waals surface area contributed by atoms with Crippen LogP contribution in [-0.4, -0.2) is 27.6 Å². The van der Waals surface area contributed by atoms with Crippen molar-refractivity contribution in [3.05, 3.63) is 77.1 Å². The first-order chi connectivity index (χ1) is 13.4. The lowest BCUT2D eigenvalue weighted by Crippen LogP contribution is -2.26. The lowest BCUT2D eigenvalue weighted by Gasteiger charge is -2.18. The number of rotatable bonds is 6. The molecule has 0 spiro atoms. The minimum Gasteiger partial charge on any atom is -0.337 e. The van der Waals surface area contributed by atoms with Crippen molar-refractivity contribution in [3.63, 3.8) is 0 Å². The molecule has 0 radical (unpaired) electrons. The van der Waals surface area contributed by atoms with Gasteiger partial charge in [-0.05, 0) is 42.2 Å². The van der Waals surface area contributed by atoms with Crippen LogP contribution in [0.5, 0.6) is 0 Å². The summed E-state index contributed by atoms with van der Waals surface area (Å²) in [6.45, 7) is 1.58. The zero-order valence-electron chi connectivity index (χ0n) is 16.2. The molecule has 0 atom stereocenters. The van der Waals surface area contributed by atoms with E-state index < -0.39 is 6.55 Å². The molecule has 0 bridgehead atoms. The van der Waals surface area contributed by atoms with Crippen molar-refractivity contribution in [2.75, 3.05) is 7.05 Å². The molecule has 3 aromatic rings. The number of carbonyl (C=O) groups excluding carboxylic acids is 1. The van der Waals surface area contributed by atoms with Crippen LogP contribution < -0.4 is 0 Å². The molecule has 146 valence electrons. The van der Waals surface area contributed by atoms with E-state index in [-0.39, 0.29) is 5.91 Å². The third-order valence-corrected chi connectivity index (χ3v) is 4.73. The van der Waals surface area contributed by atoms with Crippen molar-refractivity contribution >= 4 is 5.91 Å². The number of alkyl halides is 2. The molecule has 0 saturated heterocycles. The van der Waals surface area contributed by atoms with Gasteiger partial charge in [-0.3, -0.25) is 4.79 Å². The quantitative estimate of drug-likeness (QED) is 0.595. The number of hydrogen-bond donors (Lipinski definition) is 0. The van der Waals surface area contributed by atoms with Crippen LogP contribution in [0.4, 0.5) is 8.78 Å². The van der Waals surface area contributed by atoms with E-state index in [2.05, 4.69) is 24.2 Å². The van der Waals surface area contributed by atoms with E-state index in [0.29, 0.717) is 33.6 Å². The number of aromatic nitrogens is 2. The molecule has 6 heteroatoms. The summed E-state index contributed by atoms with van der Waals surface area (Å²) >= 11 is 0. The normalized spacial score (nSPS) is 11.1. The van der Waals surface area contributed by atoms with Gasteiger partial charge in [0, 0.05) is 30.9 Å². The lowest BCUT2D eigenvalue weighted by molar-refractivity contribution is 0.0563. The van der Waals surface area contributed by atoms with Crippen LogP contribution in [0.3, 0.4) is 0 Å². The van der Waals surface area contributed by atoms with Crippen molar-refractivity contribution < 1.29 is 13.6 Å². The highest BCUT2D eigenvalue weighted by atomic mass is 19.3. The Bertz CT molecular complexity index is 964. The number of aryl methyl sites for hydroxylation is 2. The van der Waals surface area contributed by atoms with Crippen LogP contribution in [-0.2, 0) is 13.0 Å². The van der Waals surface area contributed by atoms with E-state index in [1.807, 2.05) is 12.1 Å². The number of nitrogens with zero attached hydrogens (tertiary/aromatic N) is 3. The molecule has 1 amide bonds. The van der Waals surface area contributed by atoms with Crippen molar-refractivity contribution in [2.45, 2.75) is 33.4 Å². The SMILES string of the molecule is CCc1ccc(CN(C)C(=O)c2cccc(-c3cn(C(F)F)nc3C)c2)cc1. The summed E-state index contributed by atoms with van der Waals surface area (Å²) < 4.78 is 26.4. The maximum Gasteiger partial charge on any atom is 0.333 e. The van der Waals surface area contributed by atoms with Crippen LogP contribution >= 0.6 is 0 Å². The Morgan fingerprint density at radius 1 is 1.14 bits per heavy atom. The Morgan fingerprint density at radius 2 is 1.82 bits per heavy atom. The molecule has 1 heterocycles. The summed E-state index contributed by atoms with van der Waals surface area (Å²) in [6.07, 6.45) is 2.28. The number of halogens is 2. The Labute approximate surface area is 163 Å². The second-order valence-electron chi connectivity index (χ2n) is 6.80. The molecule has 0 unspecified atom stereocenters. The summed E-state index contributed by atoms with van der Waals surface area (Å²) in [7, 11) is 1.75. The van der Waals surface area contributed by atoms with E-state index in [1.165, 1.54) is 11.8 Å². The standard InChI is InChI=1S/C22H23F2N3O/c1-4-16-8-10-17(11-9-16)13-26(3)21(28)19-7-5-6-18(12-19)20-14-27(22(23)24)25-15(20)2/h5-12,14,22H,4,13H2,1-3H3. The Balaban J connectivity index is 1.79. The topological polar surface area (TPSA) is 38.1 Å². The molecule has 4 nitrogen and oxygen atoms in total. The Kier molecular flexibility index (Phi) is 5.87. The zero-order valence-corrected chi connectivity index (χ0v) is 16.2. The van der Waals surface area contributed by atoms with Gasteiger partial charge in [0.1, 0.15) is 0 Å². The summed E-state index contributed by atoms with van der Waals surface area (Å²) in [5, 5.41) is 3.84. The van der Waals surface area contributed by atoms with Gasteiger partial charge < -0.3 is 4.90 Å². The van der Waals surface area contributed by atoms with Crippen molar-refractivity contribution in [1.29, 1.82) is 0 Å². The number of benzene rings is 2. The molecule has 0 N–H and O–H groups in total. The summed E-state index contributed by atoms with van der Waals surface area (Å²) in [6, 6.07) is 15.2. The molecule has 0 aliphatic heterocycles. The Morgan fingerprint density at radius 3 is 2.43 bits per heavy atom. The van der Waals surface area contributed by atoms with Crippen LogP contribution in [0.2, 0.25) is 0 Å². The Hall–Kier alpha value is -3.02. The molecule has 0 aliphatic rings. The van der Waals surface area contributed by atoms with Gasteiger partial charge in [0.15, 0.2) is 0 Å². The van der Waals surface area contributed by atoms with Crippen molar-refractivity contribution in [3.8, 4) is 11.1 Å². The molecule has 0 aliphatic carbocycles. The van der Waals surface area contributed by atoms with Crippen LogP contribution in [0.15, 0.2) is 54.7 Å². The largest absolute Gasteiger partial charge is 0.337 e. The first-order valence-electron chi connectivity index (χ1n) is 9.16. The van der Waals surface area contributed by atoms with Gasteiger partial charge in [0.2, 0.25) is 0 Å². The fraction of sp³-hybridized carbons (Fsp3) is 0.273. The molecule has 2 aromatic carbocycles. The first-order valence-corrected chi connectivity index (χ1v) is 9.16. The van der Waals surface area contributed by atoms with Gasteiger partial charge in [-0.25, -0.2) is 4.68 Å². The third kappa shape index (κ3) is 4.27. The lowest BCUT2D eigenvalue weighted by atomic mass is 10.0. The highest BCUT2D eigenvalue weighted by molar-refractivity contribution is 5.95. The van der Waals surface area contributed by atoms with Gasteiger partial charge in [-0.2, -0.15) is 13.9 Å². The second-order valence-corrected chi connectivity index (χ2v) is 6.80. The molecule has 0 fully saturated rings. The van der Waals surface area contributed by atoms with Gasteiger partial charge in [-0.15, -0.1) is 0 Å².